The number of hydrogen-bond donors (Lipinski definition) is 1. The summed E-state index contributed by atoms with van der Waals surface area (Å²) < 4.78 is 14.6. The fourth-order valence-corrected chi connectivity index (χ4v) is 3.33. The van der Waals surface area contributed by atoms with Crippen LogP contribution < -0.4 is 5.32 Å². The zero-order valence-corrected chi connectivity index (χ0v) is 13.3. The monoisotopic (exact) mass is 328 g/mol. The Morgan fingerprint density at radius 2 is 2.00 bits per heavy atom. The molecule has 0 aromatic heterocycles. The molecule has 1 aliphatic rings. The maximum Gasteiger partial charge on any atom is 0.127 e. The molecule has 0 unspecified atom stereocenters. The fraction of sp³-hybridized carbons (Fsp3) is 0.600. The van der Waals surface area contributed by atoms with Crippen molar-refractivity contribution in [3.8, 4) is 0 Å². The highest BCUT2D eigenvalue weighted by molar-refractivity contribution is 9.10. The van der Waals surface area contributed by atoms with E-state index in [9.17, 15) is 4.39 Å². The van der Waals surface area contributed by atoms with Crippen molar-refractivity contribution in [2.75, 3.05) is 20.6 Å². The highest BCUT2D eigenvalue weighted by Crippen LogP contribution is 2.33. The Morgan fingerprint density at radius 3 is 2.63 bits per heavy atom. The molecule has 4 heteroatoms. The van der Waals surface area contributed by atoms with Crippen LogP contribution in [0.5, 0.6) is 0 Å². The van der Waals surface area contributed by atoms with E-state index in [0.717, 1.165) is 16.6 Å². The van der Waals surface area contributed by atoms with Gasteiger partial charge in [0.2, 0.25) is 0 Å². The normalized spacial score (nSPS) is 18.2. The summed E-state index contributed by atoms with van der Waals surface area (Å²) in [4.78, 5) is 2.32. The van der Waals surface area contributed by atoms with Crippen LogP contribution in [0.15, 0.2) is 22.7 Å². The van der Waals surface area contributed by atoms with Crippen LogP contribution in [0.4, 0.5) is 4.39 Å². The molecular formula is C15H22BrFN2. The molecular weight excluding hydrogens is 307 g/mol. The van der Waals surface area contributed by atoms with Gasteiger partial charge in [0.25, 0.3) is 0 Å². The van der Waals surface area contributed by atoms with Crippen LogP contribution in [-0.2, 0) is 6.54 Å². The van der Waals surface area contributed by atoms with Crippen molar-refractivity contribution in [3.63, 3.8) is 0 Å². The molecule has 2 nitrogen and oxygen atoms in total. The molecule has 1 aliphatic carbocycles. The number of halogens is 2. The Kier molecular flexibility index (Phi) is 4.98. The second-order valence-electron chi connectivity index (χ2n) is 5.67. The number of likely N-dealkylation sites (N-methyl/N-ethyl adjacent to an activating group) is 1. The van der Waals surface area contributed by atoms with Crippen molar-refractivity contribution in [3.05, 3.63) is 34.1 Å². The third kappa shape index (κ3) is 3.56. The first-order valence-corrected chi connectivity index (χ1v) is 7.65. The van der Waals surface area contributed by atoms with Crippen molar-refractivity contribution in [2.45, 2.75) is 37.8 Å². The van der Waals surface area contributed by atoms with Crippen molar-refractivity contribution < 1.29 is 4.39 Å². The van der Waals surface area contributed by atoms with Crippen LogP contribution >= 0.6 is 15.9 Å². The Morgan fingerprint density at radius 1 is 1.32 bits per heavy atom. The van der Waals surface area contributed by atoms with Crippen LogP contribution in [0.25, 0.3) is 0 Å². The smallest absolute Gasteiger partial charge is 0.127 e. The van der Waals surface area contributed by atoms with Gasteiger partial charge in [0.05, 0.1) is 0 Å². The summed E-state index contributed by atoms with van der Waals surface area (Å²) in [6.45, 7) is 1.51. The Bertz CT molecular complexity index is 428. The van der Waals surface area contributed by atoms with Crippen molar-refractivity contribution >= 4 is 15.9 Å². The molecule has 0 radical (unpaired) electrons. The molecule has 0 spiro atoms. The molecule has 1 aromatic carbocycles. The molecule has 1 saturated carbocycles. The van der Waals surface area contributed by atoms with E-state index in [2.05, 4.69) is 40.2 Å². The summed E-state index contributed by atoms with van der Waals surface area (Å²) >= 11 is 3.39. The minimum atomic E-state index is -0.138. The third-order valence-corrected chi connectivity index (χ3v) is 4.75. The van der Waals surface area contributed by atoms with Crippen LogP contribution in [0.1, 0.15) is 31.2 Å². The summed E-state index contributed by atoms with van der Waals surface area (Å²) in [6, 6.07) is 5.09. The van der Waals surface area contributed by atoms with E-state index >= 15 is 0 Å². The minimum Gasteiger partial charge on any atom is -0.311 e. The van der Waals surface area contributed by atoms with Crippen LogP contribution in [0, 0.1) is 5.82 Å². The van der Waals surface area contributed by atoms with Crippen molar-refractivity contribution in [1.82, 2.24) is 10.2 Å². The summed E-state index contributed by atoms with van der Waals surface area (Å²) in [5.74, 6) is -0.138. The molecule has 0 amide bonds. The Balaban J connectivity index is 1.94. The van der Waals surface area contributed by atoms with E-state index < -0.39 is 0 Å². The van der Waals surface area contributed by atoms with Gasteiger partial charge in [-0.1, -0.05) is 28.8 Å². The molecule has 0 atom stereocenters. The molecule has 1 fully saturated rings. The molecule has 106 valence electrons. The predicted octanol–water partition coefficient (Wildman–Crippen LogP) is 3.55. The van der Waals surface area contributed by atoms with Gasteiger partial charge in [-0.2, -0.15) is 0 Å². The maximum absolute atomic E-state index is 13.7. The fourth-order valence-electron chi connectivity index (χ4n) is 2.92. The van der Waals surface area contributed by atoms with Gasteiger partial charge < -0.3 is 10.2 Å². The van der Waals surface area contributed by atoms with E-state index in [1.54, 1.807) is 6.07 Å². The average Bonchev–Trinajstić information content (AvgIpc) is 2.84. The number of benzene rings is 1. The van der Waals surface area contributed by atoms with Gasteiger partial charge >= 0.3 is 0 Å². The topological polar surface area (TPSA) is 15.3 Å². The predicted molar refractivity (Wildman–Crippen MR) is 80.7 cm³/mol. The van der Waals surface area contributed by atoms with E-state index in [-0.39, 0.29) is 11.4 Å². The largest absolute Gasteiger partial charge is 0.311 e. The lowest BCUT2D eigenvalue weighted by Gasteiger charge is -2.36. The van der Waals surface area contributed by atoms with Gasteiger partial charge in [-0.25, -0.2) is 4.39 Å². The first-order chi connectivity index (χ1) is 9.03. The molecule has 1 N–H and O–H groups in total. The van der Waals surface area contributed by atoms with Gasteiger partial charge in [0.1, 0.15) is 5.82 Å². The lowest BCUT2D eigenvalue weighted by molar-refractivity contribution is 0.153. The maximum atomic E-state index is 13.7. The summed E-state index contributed by atoms with van der Waals surface area (Å²) in [6.07, 6.45) is 5.05. The Labute approximate surface area is 123 Å². The molecule has 2 rings (SSSR count). The molecule has 0 bridgehead atoms. The summed E-state index contributed by atoms with van der Waals surface area (Å²) in [7, 11) is 4.29. The standard InChI is InChI=1S/C15H22BrFN2/c1-19(2)15(7-3-4-8-15)11-18-10-12-9-13(16)5-6-14(12)17/h5-6,9,18H,3-4,7-8,10-11H2,1-2H3. The highest BCUT2D eigenvalue weighted by Gasteiger charge is 2.35. The van der Waals surface area contributed by atoms with Crippen LogP contribution in [0.2, 0.25) is 0 Å². The second kappa shape index (κ2) is 6.33. The van der Waals surface area contributed by atoms with Gasteiger partial charge in [-0.05, 0) is 45.1 Å². The second-order valence-corrected chi connectivity index (χ2v) is 6.58. The SMILES string of the molecule is CN(C)C1(CNCc2cc(Br)ccc2F)CCCC1. The molecule has 0 aliphatic heterocycles. The average molecular weight is 329 g/mol. The number of nitrogens with zero attached hydrogens (tertiary/aromatic N) is 1. The highest BCUT2D eigenvalue weighted by atomic mass is 79.9. The van der Waals surface area contributed by atoms with Crippen LogP contribution in [0.3, 0.4) is 0 Å². The van der Waals surface area contributed by atoms with E-state index in [4.69, 9.17) is 0 Å². The van der Waals surface area contributed by atoms with Gasteiger partial charge in [0, 0.05) is 28.7 Å². The first-order valence-electron chi connectivity index (χ1n) is 6.86. The number of nitrogens with one attached hydrogen (secondary N) is 1. The van der Waals surface area contributed by atoms with E-state index in [0.29, 0.717) is 6.54 Å². The van der Waals surface area contributed by atoms with Gasteiger partial charge in [0.15, 0.2) is 0 Å². The van der Waals surface area contributed by atoms with Crippen LogP contribution in [-0.4, -0.2) is 31.1 Å². The zero-order valence-electron chi connectivity index (χ0n) is 11.7. The zero-order chi connectivity index (χ0) is 13.9. The number of rotatable bonds is 5. The lowest BCUT2D eigenvalue weighted by atomic mass is 9.96. The molecule has 0 heterocycles. The van der Waals surface area contributed by atoms with Gasteiger partial charge in [-0.3, -0.25) is 0 Å². The minimum absolute atomic E-state index is 0.138. The summed E-state index contributed by atoms with van der Waals surface area (Å²) in [5, 5.41) is 3.43. The lowest BCUT2D eigenvalue weighted by Crippen LogP contribution is -2.49. The number of hydrogen-bond acceptors (Lipinski definition) is 2. The van der Waals surface area contributed by atoms with Crippen molar-refractivity contribution in [2.24, 2.45) is 0 Å². The molecule has 0 saturated heterocycles. The first kappa shape index (κ1) is 14.9. The summed E-state index contributed by atoms with van der Waals surface area (Å²) in [5.41, 5.74) is 0.976. The third-order valence-electron chi connectivity index (χ3n) is 4.26. The van der Waals surface area contributed by atoms with Crippen molar-refractivity contribution in [1.29, 1.82) is 0 Å². The molecule has 1 aromatic rings. The quantitative estimate of drug-likeness (QED) is 0.889. The molecule has 19 heavy (non-hydrogen) atoms. The van der Waals surface area contributed by atoms with E-state index in [1.165, 1.54) is 31.7 Å². The van der Waals surface area contributed by atoms with E-state index in [1.807, 2.05) is 6.07 Å². The Hall–Kier alpha value is -0.450. The van der Waals surface area contributed by atoms with Gasteiger partial charge in [-0.15, -0.1) is 0 Å².